The number of hydrogen-bond acceptors (Lipinski definition) is 3. The van der Waals surface area contributed by atoms with Crippen LogP contribution in [-0.4, -0.2) is 4.92 Å². The molecule has 0 saturated carbocycles. The molecule has 4 nitrogen and oxygen atoms in total. The maximum absolute atomic E-state index is 10.5. The summed E-state index contributed by atoms with van der Waals surface area (Å²) in [7, 11) is 0. The van der Waals surface area contributed by atoms with E-state index in [9.17, 15) is 10.1 Å². The number of nitrogens with zero attached hydrogens (tertiary/aromatic N) is 1. The van der Waals surface area contributed by atoms with E-state index in [0.717, 1.165) is 5.56 Å². The van der Waals surface area contributed by atoms with Gasteiger partial charge in [-0.15, -0.1) is 11.6 Å². The maximum Gasteiger partial charge on any atom is 0.271 e. The molecule has 1 N–H and O–H groups in total. The van der Waals surface area contributed by atoms with Crippen molar-refractivity contribution in [3.8, 4) is 0 Å². The fraction of sp³-hybridized carbons (Fsp3) is 0.111. The van der Waals surface area contributed by atoms with E-state index in [0.29, 0.717) is 5.69 Å². The van der Waals surface area contributed by atoms with Gasteiger partial charge in [-0.1, -0.05) is 0 Å². The first-order chi connectivity index (χ1) is 6.68. The number of nitro benzene ring substituents is 1. The van der Waals surface area contributed by atoms with Crippen LogP contribution in [0.2, 0.25) is 0 Å². The highest BCUT2D eigenvalue weighted by Crippen LogP contribution is 2.34. The summed E-state index contributed by atoms with van der Waals surface area (Å²) in [6.07, 6.45) is 3.47. The zero-order chi connectivity index (χ0) is 10.1. The van der Waals surface area contributed by atoms with Gasteiger partial charge in [0.2, 0.25) is 0 Å². The van der Waals surface area contributed by atoms with Gasteiger partial charge in [0, 0.05) is 17.8 Å². The van der Waals surface area contributed by atoms with E-state index in [-0.39, 0.29) is 11.1 Å². The largest absolute Gasteiger partial charge is 0.361 e. The average molecular weight is 211 g/mol. The number of hydrogen-bond donors (Lipinski definition) is 1. The Bertz CT molecular complexity index is 417. The van der Waals surface area contributed by atoms with Gasteiger partial charge in [-0.25, -0.2) is 0 Å². The molecule has 0 radical (unpaired) electrons. The van der Waals surface area contributed by atoms with Gasteiger partial charge in [-0.3, -0.25) is 10.1 Å². The van der Waals surface area contributed by atoms with Crippen molar-refractivity contribution >= 4 is 23.0 Å². The van der Waals surface area contributed by atoms with E-state index in [4.69, 9.17) is 11.6 Å². The summed E-state index contributed by atoms with van der Waals surface area (Å²) in [5, 5.41) is 13.2. The molecule has 1 aromatic carbocycles. The number of benzene rings is 1. The van der Waals surface area contributed by atoms with Gasteiger partial charge in [0.1, 0.15) is 0 Å². The zero-order valence-electron chi connectivity index (χ0n) is 7.11. The van der Waals surface area contributed by atoms with Crippen LogP contribution in [0.25, 0.3) is 0 Å². The monoisotopic (exact) mass is 210 g/mol. The van der Waals surface area contributed by atoms with Gasteiger partial charge in [0.15, 0.2) is 0 Å². The molecule has 0 bridgehead atoms. The van der Waals surface area contributed by atoms with Crippen LogP contribution in [0.4, 0.5) is 11.4 Å². The molecule has 1 aliphatic rings. The minimum absolute atomic E-state index is 0.0652. The molecule has 0 aromatic heterocycles. The molecule has 1 atom stereocenters. The van der Waals surface area contributed by atoms with E-state index in [1.54, 1.807) is 18.3 Å². The van der Waals surface area contributed by atoms with Gasteiger partial charge < -0.3 is 5.32 Å². The molecule has 1 aliphatic heterocycles. The fourth-order valence-corrected chi connectivity index (χ4v) is 1.61. The molecule has 5 heteroatoms. The van der Waals surface area contributed by atoms with Crippen LogP contribution in [0.5, 0.6) is 0 Å². The summed E-state index contributed by atoms with van der Waals surface area (Å²) in [5.74, 6) is 0. The molecular weight excluding hydrogens is 204 g/mol. The number of nitro groups is 1. The van der Waals surface area contributed by atoms with E-state index in [2.05, 4.69) is 5.32 Å². The van der Waals surface area contributed by atoms with Gasteiger partial charge in [-0.05, 0) is 23.9 Å². The van der Waals surface area contributed by atoms with Gasteiger partial charge in [0.25, 0.3) is 5.69 Å². The SMILES string of the molecule is O=[N+]([O-])c1ccc2c(c1)NC=CC2Cl. The predicted molar refractivity (Wildman–Crippen MR) is 54.5 cm³/mol. The normalized spacial score (nSPS) is 18.5. The van der Waals surface area contributed by atoms with Crippen molar-refractivity contribution in [2.75, 3.05) is 5.32 Å². The molecule has 1 aromatic rings. The van der Waals surface area contributed by atoms with Crippen molar-refractivity contribution in [2.24, 2.45) is 0 Å². The third-order valence-corrected chi connectivity index (χ3v) is 2.43. The van der Waals surface area contributed by atoms with Crippen molar-refractivity contribution in [1.29, 1.82) is 0 Å². The lowest BCUT2D eigenvalue weighted by Gasteiger charge is -2.16. The Hall–Kier alpha value is -1.55. The van der Waals surface area contributed by atoms with E-state index >= 15 is 0 Å². The van der Waals surface area contributed by atoms with E-state index in [1.807, 2.05) is 0 Å². The minimum atomic E-state index is -0.427. The van der Waals surface area contributed by atoms with Gasteiger partial charge in [0.05, 0.1) is 10.3 Å². The number of non-ortho nitro benzene ring substituents is 1. The van der Waals surface area contributed by atoms with Crippen molar-refractivity contribution in [3.05, 3.63) is 46.2 Å². The number of alkyl halides is 1. The lowest BCUT2D eigenvalue weighted by Crippen LogP contribution is -2.02. The number of allylic oxidation sites excluding steroid dienone is 1. The summed E-state index contributed by atoms with van der Waals surface area (Å²) in [6.45, 7) is 0. The summed E-state index contributed by atoms with van der Waals surface area (Å²) in [5.41, 5.74) is 1.62. The second-order valence-electron chi connectivity index (χ2n) is 2.93. The van der Waals surface area contributed by atoms with Crippen molar-refractivity contribution in [1.82, 2.24) is 0 Å². The Labute approximate surface area is 85.3 Å². The topological polar surface area (TPSA) is 55.2 Å². The van der Waals surface area contributed by atoms with E-state index in [1.165, 1.54) is 12.1 Å². The summed E-state index contributed by atoms with van der Waals surface area (Å²) in [4.78, 5) is 10.1. The number of fused-ring (bicyclic) bond motifs is 1. The predicted octanol–water partition coefficient (Wildman–Crippen LogP) is 2.81. The first-order valence-electron chi connectivity index (χ1n) is 4.04. The number of nitrogens with one attached hydrogen (secondary N) is 1. The van der Waals surface area contributed by atoms with Crippen LogP contribution in [0.3, 0.4) is 0 Å². The van der Waals surface area contributed by atoms with Crippen LogP contribution in [0.1, 0.15) is 10.9 Å². The van der Waals surface area contributed by atoms with Crippen LogP contribution >= 0.6 is 11.6 Å². The molecule has 72 valence electrons. The number of halogens is 1. The molecule has 0 amide bonds. The molecular formula is C9H7ClN2O2. The number of anilines is 1. The quantitative estimate of drug-likeness (QED) is 0.441. The Kier molecular flexibility index (Phi) is 2.13. The molecule has 2 rings (SSSR count). The highest BCUT2D eigenvalue weighted by molar-refractivity contribution is 6.22. The molecule has 0 spiro atoms. The second kappa shape index (κ2) is 3.31. The molecule has 0 fully saturated rings. The minimum Gasteiger partial charge on any atom is -0.361 e. The van der Waals surface area contributed by atoms with Crippen molar-refractivity contribution < 1.29 is 4.92 Å². The summed E-state index contributed by atoms with van der Waals surface area (Å²) >= 11 is 5.98. The highest BCUT2D eigenvalue weighted by Gasteiger charge is 2.16. The highest BCUT2D eigenvalue weighted by atomic mass is 35.5. The van der Waals surface area contributed by atoms with Crippen LogP contribution in [0, 0.1) is 10.1 Å². The van der Waals surface area contributed by atoms with Crippen LogP contribution < -0.4 is 5.32 Å². The summed E-state index contributed by atoms with van der Waals surface area (Å²) in [6, 6.07) is 4.60. The lowest BCUT2D eigenvalue weighted by molar-refractivity contribution is -0.384. The molecule has 1 unspecified atom stereocenters. The Morgan fingerprint density at radius 1 is 1.50 bits per heavy atom. The Balaban J connectivity index is 2.47. The van der Waals surface area contributed by atoms with Crippen LogP contribution in [0.15, 0.2) is 30.5 Å². The van der Waals surface area contributed by atoms with Crippen molar-refractivity contribution in [3.63, 3.8) is 0 Å². The number of rotatable bonds is 1. The average Bonchev–Trinajstić information content (AvgIpc) is 2.17. The molecule has 0 aliphatic carbocycles. The Morgan fingerprint density at radius 3 is 3.00 bits per heavy atom. The smallest absolute Gasteiger partial charge is 0.271 e. The standard InChI is InChI=1S/C9H7ClN2O2/c10-8-3-4-11-9-5-6(12(13)14)1-2-7(8)9/h1-5,8,11H. The summed E-state index contributed by atoms with van der Waals surface area (Å²) < 4.78 is 0. The first kappa shape index (κ1) is 9.02. The molecule has 1 heterocycles. The zero-order valence-corrected chi connectivity index (χ0v) is 7.86. The van der Waals surface area contributed by atoms with Gasteiger partial charge >= 0.3 is 0 Å². The van der Waals surface area contributed by atoms with E-state index < -0.39 is 4.92 Å². The first-order valence-corrected chi connectivity index (χ1v) is 4.48. The van der Waals surface area contributed by atoms with Crippen LogP contribution in [-0.2, 0) is 0 Å². The lowest BCUT2D eigenvalue weighted by atomic mass is 10.1. The maximum atomic E-state index is 10.5. The second-order valence-corrected chi connectivity index (χ2v) is 3.40. The van der Waals surface area contributed by atoms with Crippen molar-refractivity contribution in [2.45, 2.75) is 5.38 Å². The van der Waals surface area contributed by atoms with Gasteiger partial charge in [-0.2, -0.15) is 0 Å². The third kappa shape index (κ3) is 1.44. The third-order valence-electron chi connectivity index (χ3n) is 2.05. The molecule has 0 saturated heterocycles. The Morgan fingerprint density at radius 2 is 2.29 bits per heavy atom. The molecule has 14 heavy (non-hydrogen) atoms. The fourth-order valence-electron chi connectivity index (χ4n) is 1.35.